The number of anilines is 1. The van der Waals surface area contributed by atoms with Crippen LogP contribution in [-0.4, -0.2) is 51.6 Å². The summed E-state index contributed by atoms with van der Waals surface area (Å²) in [5, 5.41) is 3.95. The van der Waals surface area contributed by atoms with E-state index in [-0.39, 0.29) is 17.3 Å². The van der Waals surface area contributed by atoms with Gasteiger partial charge in [-0.15, -0.1) is 0 Å². The molecule has 2 aromatic rings. The average Bonchev–Trinajstić information content (AvgIpc) is 3.34. The Hall–Kier alpha value is -2.10. The zero-order valence-corrected chi connectivity index (χ0v) is 20.7. The van der Waals surface area contributed by atoms with E-state index >= 15 is 0 Å². The third-order valence-corrected chi connectivity index (χ3v) is 9.20. The highest BCUT2D eigenvalue weighted by molar-refractivity contribution is 7.99. The number of halogens is 1. The quantitative estimate of drug-likeness (QED) is 0.538. The predicted octanol–water partition coefficient (Wildman–Crippen LogP) is 4.10. The van der Waals surface area contributed by atoms with Crippen LogP contribution in [0.1, 0.15) is 25.7 Å². The van der Waals surface area contributed by atoms with Gasteiger partial charge in [0.2, 0.25) is 0 Å². The molecule has 1 aliphatic carbocycles. The molecule has 1 heterocycles. The fraction of sp³-hybridized carbons (Fsp3) is 0.435. The van der Waals surface area contributed by atoms with Crippen molar-refractivity contribution < 1.29 is 22.7 Å². The maximum absolute atomic E-state index is 13.5. The van der Waals surface area contributed by atoms with Crippen LogP contribution >= 0.6 is 23.4 Å². The average molecular weight is 511 g/mol. The molecule has 0 radical (unpaired) electrons. The van der Waals surface area contributed by atoms with Crippen molar-refractivity contribution in [1.29, 1.82) is 0 Å². The molecular formula is C23H27ClN2O5S2. The zero-order valence-electron chi connectivity index (χ0n) is 18.3. The molecule has 0 bridgehead atoms. The lowest BCUT2D eigenvalue weighted by molar-refractivity contribution is -0.127. The Morgan fingerprint density at radius 2 is 1.94 bits per heavy atom. The molecule has 1 fully saturated rings. The van der Waals surface area contributed by atoms with Crippen molar-refractivity contribution in [3.63, 3.8) is 0 Å². The molecule has 0 spiro atoms. The first-order chi connectivity index (χ1) is 15.9. The first kappa shape index (κ1) is 24.0. The lowest BCUT2D eigenvalue weighted by atomic mass is 10.2. The molecule has 33 heavy (non-hydrogen) atoms. The maximum atomic E-state index is 13.5. The van der Waals surface area contributed by atoms with Crippen molar-refractivity contribution in [3.05, 3.63) is 47.5 Å². The third kappa shape index (κ3) is 5.53. The summed E-state index contributed by atoms with van der Waals surface area (Å²) in [5.41, 5.74) is 0.305. The fourth-order valence-corrected chi connectivity index (χ4v) is 6.89. The number of sulfonamides is 1. The Kier molecular flexibility index (Phi) is 7.61. The molecule has 0 saturated heterocycles. The van der Waals surface area contributed by atoms with E-state index in [0.29, 0.717) is 34.0 Å². The normalized spacial score (nSPS) is 18.5. The van der Waals surface area contributed by atoms with Gasteiger partial charge >= 0.3 is 0 Å². The number of ether oxygens (including phenoxy) is 2. The number of fused-ring (bicyclic) bond motifs is 1. The number of benzene rings is 2. The van der Waals surface area contributed by atoms with Gasteiger partial charge in [-0.05, 0) is 55.3 Å². The molecule has 1 amide bonds. The molecule has 1 atom stereocenters. The van der Waals surface area contributed by atoms with Crippen LogP contribution in [-0.2, 0) is 14.8 Å². The number of thioether (sulfide) groups is 1. The number of nitrogens with one attached hydrogen (secondary N) is 1. The number of amides is 1. The second-order valence-electron chi connectivity index (χ2n) is 8.00. The Morgan fingerprint density at radius 3 is 2.64 bits per heavy atom. The molecule has 1 N–H and O–H groups in total. The second kappa shape index (κ2) is 10.4. The summed E-state index contributed by atoms with van der Waals surface area (Å²) in [4.78, 5) is 12.9. The van der Waals surface area contributed by atoms with Crippen molar-refractivity contribution in [2.45, 2.75) is 41.9 Å². The molecule has 7 nitrogen and oxygen atoms in total. The van der Waals surface area contributed by atoms with Crippen molar-refractivity contribution in [3.8, 4) is 11.5 Å². The van der Waals surface area contributed by atoms with Crippen molar-refractivity contribution >= 4 is 45.0 Å². The van der Waals surface area contributed by atoms with Crippen molar-refractivity contribution in [1.82, 2.24) is 5.32 Å². The molecule has 4 rings (SSSR count). The summed E-state index contributed by atoms with van der Waals surface area (Å²) in [6, 6.07) is 10.8. The van der Waals surface area contributed by atoms with E-state index in [1.165, 1.54) is 55.3 Å². The SMILES string of the molecule is COc1ccc(S(=O)(=O)N2C[C@@H](C(=O)NCCSC3CCCC3)Oc3ccc(Cl)cc32)cc1. The van der Waals surface area contributed by atoms with Crippen LogP contribution in [0.3, 0.4) is 0 Å². The number of carbonyl (C=O) groups is 1. The standard InChI is InChI=1S/C23H27ClN2O5S2/c1-30-17-7-9-19(10-8-17)33(28,29)26-15-22(31-21-11-6-16(24)14-20(21)26)23(27)25-12-13-32-18-4-2-3-5-18/h6-11,14,18,22H,2-5,12-13,15H2,1H3,(H,25,27)/t22-/m0/s1. The van der Waals surface area contributed by atoms with Gasteiger partial charge in [0.15, 0.2) is 6.10 Å². The van der Waals surface area contributed by atoms with Crippen LogP contribution < -0.4 is 19.1 Å². The summed E-state index contributed by atoms with van der Waals surface area (Å²) < 4.78 is 39.2. The van der Waals surface area contributed by atoms with Crippen molar-refractivity contribution in [2.75, 3.05) is 30.3 Å². The van der Waals surface area contributed by atoms with E-state index < -0.39 is 16.1 Å². The summed E-state index contributed by atoms with van der Waals surface area (Å²) in [5.74, 6) is 1.33. The summed E-state index contributed by atoms with van der Waals surface area (Å²) >= 11 is 8.02. The molecule has 0 unspecified atom stereocenters. The van der Waals surface area contributed by atoms with Crippen LogP contribution in [0.5, 0.6) is 11.5 Å². The molecule has 2 aliphatic rings. The van der Waals surface area contributed by atoms with Crippen LogP contribution in [0, 0.1) is 0 Å². The van der Waals surface area contributed by atoms with E-state index in [9.17, 15) is 13.2 Å². The summed E-state index contributed by atoms with van der Waals surface area (Å²) in [6.45, 7) is 0.363. The highest BCUT2D eigenvalue weighted by Crippen LogP contribution is 2.39. The topological polar surface area (TPSA) is 84.9 Å². The van der Waals surface area contributed by atoms with Crippen LogP contribution in [0.4, 0.5) is 5.69 Å². The largest absolute Gasteiger partial charge is 0.497 e. The molecule has 2 aromatic carbocycles. The Morgan fingerprint density at radius 1 is 1.21 bits per heavy atom. The lowest BCUT2D eigenvalue weighted by Gasteiger charge is -2.35. The first-order valence-electron chi connectivity index (χ1n) is 10.9. The highest BCUT2D eigenvalue weighted by atomic mass is 35.5. The smallest absolute Gasteiger partial charge is 0.264 e. The zero-order chi connectivity index (χ0) is 23.4. The maximum Gasteiger partial charge on any atom is 0.264 e. The number of methoxy groups -OCH3 is 1. The number of nitrogens with zero attached hydrogens (tertiary/aromatic N) is 1. The highest BCUT2D eigenvalue weighted by Gasteiger charge is 2.37. The van der Waals surface area contributed by atoms with Crippen LogP contribution in [0.2, 0.25) is 5.02 Å². The van der Waals surface area contributed by atoms with Gasteiger partial charge in [-0.25, -0.2) is 8.42 Å². The van der Waals surface area contributed by atoms with E-state index in [1.54, 1.807) is 24.3 Å². The monoisotopic (exact) mass is 510 g/mol. The van der Waals surface area contributed by atoms with Gasteiger partial charge in [-0.3, -0.25) is 9.10 Å². The van der Waals surface area contributed by atoms with Gasteiger partial charge in [0.25, 0.3) is 15.9 Å². The minimum atomic E-state index is -3.96. The summed E-state index contributed by atoms with van der Waals surface area (Å²) in [7, 11) is -2.45. The van der Waals surface area contributed by atoms with Gasteiger partial charge in [0.05, 0.1) is 24.2 Å². The lowest BCUT2D eigenvalue weighted by Crippen LogP contribution is -2.51. The fourth-order valence-electron chi connectivity index (χ4n) is 4.03. The molecule has 1 saturated carbocycles. The molecule has 0 aromatic heterocycles. The minimum Gasteiger partial charge on any atom is -0.497 e. The molecule has 1 aliphatic heterocycles. The first-order valence-corrected chi connectivity index (χ1v) is 13.8. The van der Waals surface area contributed by atoms with Gasteiger partial charge < -0.3 is 14.8 Å². The van der Waals surface area contributed by atoms with E-state index in [4.69, 9.17) is 21.1 Å². The Bertz CT molecular complexity index is 1090. The summed E-state index contributed by atoms with van der Waals surface area (Å²) in [6.07, 6.45) is 4.07. The van der Waals surface area contributed by atoms with Gasteiger partial charge in [0.1, 0.15) is 11.5 Å². The van der Waals surface area contributed by atoms with Crippen LogP contribution in [0.15, 0.2) is 47.4 Å². The molecule has 178 valence electrons. The second-order valence-corrected chi connectivity index (χ2v) is 11.7. The number of hydrogen-bond acceptors (Lipinski definition) is 6. The van der Waals surface area contributed by atoms with E-state index in [0.717, 1.165) is 5.75 Å². The van der Waals surface area contributed by atoms with Gasteiger partial charge in [0, 0.05) is 22.6 Å². The molecular weight excluding hydrogens is 484 g/mol. The van der Waals surface area contributed by atoms with E-state index in [1.807, 2.05) is 11.8 Å². The minimum absolute atomic E-state index is 0.0863. The number of rotatable bonds is 8. The number of hydrogen-bond donors (Lipinski definition) is 1. The molecule has 10 heteroatoms. The van der Waals surface area contributed by atoms with Crippen molar-refractivity contribution in [2.24, 2.45) is 0 Å². The van der Waals surface area contributed by atoms with Gasteiger partial charge in [-0.2, -0.15) is 11.8 Å². The van der Waals surface area contributed by atoms with Crippen LogP contribution in [0.25, 0.3) is 0 Å². The van der Waals surface area contributed by atoms with E-state index in [2.05, 4.69) is 5.32 Å². The Balaban J connectivity index is 1.51. The predicted molar refractivity (Wildman–Crippen MR) is 131 cm³/mol. The Labute approximate surface area is 203 Å². The van der Waals surface area contributed by atoms with Gasteiger partial charge in [-0.1, -0.05) is 24.4 Å². The third-order valence-electron chi connectivity index (χ3n) is 5.79. The number of carbonyl (C=O) groups excluding carboxylic acids is 1.